The van der Waals surface area contributed by atoms with Gasteiger partial charge in [0.05, 0.1) is 13.3 Å². The summed E-state index contributed by atoms with van der Waals surface area (Å²) in [6.45, 7) is 4.14. The van der Waals surface area contributed by atoms with Gasteiger partial charge in [-0.15, -0.1) is 0 Å². The van der Waals surface area contributed by atoms with E-state index in [0.717, 1.165) is 16.9 Å². The summed E-state index contributed by atoms with van der Waals surface area (Å²) in [5, 5.41) is 0. The van der Waals surface area contributed by atoms with Gasteiger partial charge in [-0.2, -0.15) is 4.98 Å². The maximum Gasteiger partial charge on any atom is 0.222 e. The molecule has 1 aromatic carbocycles. The van der Waals surface area contributed by atoms with Gasteiger partial charge in [-0.05, 0) is 18.1 Å². The molecule has 0 spiro atoms. The van der Waals surface area contributed by atoms with Crippen LogP contribution in [0.25, 0.3) is 0 Å². The SMILES string of the molecule is CN=Cc1cc(Oc2cnc(N)nc2N)c(C(C)C)cc1OC. The van der Waals surface area contributed by atoms with E-state index < -0.39 is 0 Å². The lowest BCUT2D eigenvalue weighted by Crippen LogP contribution is -2.03. The molecule has 0 bridgehead atoms. The predicted molar refractivity (Wildman–Crippen MR) is 91.5 cm³/mol. The number of nitrogens with two attached hydrogens (primary N) is 2. The standard InChI is InChI=1S/C16H21N5O2/c1-9(2)11-6-12(22-4)10(7-19-3)5-13(11)23-14-8-20-16(18)21-15(14)17/h5-9H,1-4H3,(H4,17,18,20,21). The number of ether oxygens (including phenoxy) is 2. The summed E-state index contributed by atoms with van der Waals surface area (Å²) in [7, 11) is 3.32. The number of nitrogens with zero attached hydrogens (tertiary/aromatic N) is 3. The maximum atomic E-state index is 5.92. The number of rotatable bonds is 5. The van der Waals surface area contributed by atoms with Crippen LogP contribution >= 0.6 is 0 Å². The molecule has 1 heterocycles. The molecule has 0 atom stereocenters. The molecule has 1 aromatic heterocycles. The summed E-state index contributed by atoms with van der Waals surface area (Å²) in [5.74, 6) is 2.25. The van der Waals surface area contributed by atoms with E-state index in [1.807, 2.05) is 12.1 Å². The minimum absolute atomic E-state index is 0.104. The molecular formula is C16H21N5O2. The maximum absolute atomic E-state index is 5.92. The van der Waals surface area contributed by atoms with Gasteiger partial charge in [0, 0.05) is 24.4 Å². The lowest BCUT2D eigenvalue weighted by Gasteiger charge is -2.17. The molecule has 0 radical (unpaired) electrons. The summed E-state index contributed by atoms with van der Waals surface area (Å²) in [6, 6.07) is 3.79. The zero-order chi connectivity index (χ0) is 17.0. The van der Waals surface area contributed by atoms with Crippen LogP contribution in [0, 0.1) is 0 Å². The Morgan fingerprint density at radius 1 is 1.17 bits per heavy atom. The number of methoxy groups -OCH3 is 1. The van der Waals surface area contributed by atoms with E-state index in [1.54, 1.807) is 20.4 Å². The fraction of sp³-hybridized carbons (Fsp3) is 0.312. The minimum Gasteiger partial charge on any atom is -0.496 e. The largest absolute Gasteiger partial charge is 0.496 e. The first-order chi connectivity index (χ1) is 11.0. The van der Waals surface area contributed by atoms with Gasteiger partial charge in [-0.1, -0.05) is 13.8 Å². The zero-order valence-electron chi connectivity index (χ0n) is 13.7. The van der Waals surface area contributed by atoms with Crippen molar-refractivity contribution in [2.45, 2.75) is 19.8 Å². The van der Waals surface area contributed by atoms with Crippen LogP contribution in [0.1, 0.15) is 30.9 Å². The van der Waals surface area contributed by atoms with Crippen molar-refractivity contribution < 1.29 is 9.47 Å². The molecule has 0 aliphatic rings. The first-order valence-corrected chi connectivity index (χ1v) is 7.16. The third kappa shape index (κ3) is 3.68. The van der Waals surface area contributed by atoms with Crippen molar-refractivity contribution in [3.05, 3.63) is 29.5 Å². The van der Waals surface area contributed by atoms with Gasteiger partial charge in [0.1, 0.15) is 11.5 Å². The van der Waals surface area contributed by atoms with E-state index in [2.05, 4.69) is 28.8 Å². The summed E-state index contributed by atoms with van der Waals surface area (Å²) < 4.78 is 11.3. The molecule has 0 fully saturated rings. The number of hydrogen-bond donors (Lipinski definition) is 2. The van der Waals surface area contributed by atoms with Gasteiger partial charge in [0.2, 0.25) is 5.95 Å². The number of anilines is 2. The number of aromatic nitrogens is 2. The molecule has 7 nitrogen and oxygen atoms in total. The van der Waals surface area contributed by atoms with Gasteiger partial charge >= 0.3 is 0 Å². The zero-order valence-corrected chi connectivity index (χ0v) is 13.7. The Labute approximate surface area is 135 Å². The molecule has 0 saturated heterocycles. The van der Waals surface area contributed by atoms with E-state index in [-0.39, 0.29) is 17.7 Å². The number of aliphatic imine (C=N–C) groups is 1. The summed E-state index contributed by atoms with van der Waals surface area (Å²) >= 11 is 0. The highest BCUT2D eigenvalue weighted by Gasteiger charge is 2.16. The molecular weight excluding hydrogens is 294 g/mol. The Morgan fingerprint density at radius 2 is 1.91 bits per heavy atom. The summed E-state index contributed by atoms with van der Waals surface area (Å²) in [5.41, 5.74) is 13.1. The number of benzene rings is 1. The van der Waals surface area contributed by atoms with E-state index in [0.29, 0.717) is 11.5 Å². The van der Waals surface area contributed by atoms with Gasteiger partial charge < -0.3 is 20.9 Å². The topological polar surface area (TPSA) is 109 Å². The molecule has 7 heteroatoms. The van der Waals surface area contributed by atoms with Crippen LogP contribution in [0.4, 0.5) is 11.8 Å². The van der Waals surface area contributed by atoms with Crippen LogP contribution < -0.4 is 20.9 Å². The summed E-state index contributed by atoms with van der Waals surface area (Å²) in [4.78, 5) is 11.9. The third-order valence-electron chi connectivity index (χ3n) is 3.27. The van der Waals surface area contributed by atoms with Crippen molar-refractivity contribution in [1.82, 2.24) is 9.97 Å². The second-order valence-electron chi connectivity index (χ2n) is 5.25. The van der Waals surface area contributed by atoms with E-state index in [9.17, 15) is 0 Å². The Bertz CT molecular complexity index is 729. The Kier molecular flexibility index (Phi) is 5.00. The highest BCUT2D eigenvalue weighted by atomic mass is 16.5. The first kappa shape index (κ1) is 16.5. The van der Waals surface area contributed by atoms with Crippen LogP contribution in [0.3, 0.4) is 0 Å². The quantitative estimate of drug-likeness (QED) is 0.821. The van der Waals surface area contributed by atoms with Crippen molar-refractivity contribution in [2.75, 3.05) is 25.6 Å². The van der Waals surface area contributed by atoms with Gasteiger partial charge in [0.25, 0.3) is 0 Å². The molecule has 4 N–H and O–H groups in total. The Hall–Kier alpha value is -2.83. The van der Waals surface area contributed by atoms with Crippen molar-refractivity contribution in [2.24, 2.45) is 4.99 Å². The normalized spacial score (nSPS) is 11.2. The van der Waals surface area contributed by atoms with Crippen molar-refractivity contribution in [3.63, 3.8) is 0 Å². The summed E-state index contributed by atoms with van der Waals surface area (Å²) in [6.07, 6.45) is 3.16. The molecule has 122 valence electrons. The number of nitrogen functional groups attached to an aromatic ring is 2. The first-order valence-electron chi connectivity index (χ1n) is 7.16. The second kappa shape index (κ2) is 6.95. The van der Waals surface area contributed by atoms with E-state index in [4.69, 9.17) is 20.9 Å². The molecule has 0 aliphatic heterocycles. The Morgan fingerprint density at radius 3 is 2.48 bits per heavy atom. The van der Waals surface area contributed by atoms with Crippen molar-refractivity contribution in [1.29, 1.82) is 0 Å². The molecule has 23 heavy (non-hydrogen) atoms. The number of hydrogen-bond acceptors (Lipinski definition) is 7. The average Bonchev–Trinajstić information content (AvgIpc) is 2.50. The van der Waals surface area contributed by atoms with Crippen LogP contribution in [-0.2, 0) is 0 Å². The molecule has 2 aromatic rings. The Balaban J connectivity index is 2.52. The van der Waals surface area contributed by atoms with Crippen LogP contribution in [0.15, 0.2) is 23.3 Å². The molecule has 0 unspecified atom stereocenters. The average molecular weight is 315 g/mol. The van der Waals surface area contributed by atoms with Crippen molar-refractivity contribution in [3.8, 4) is 17.2 Å². The minimum atomic E-state index is 0.104. The third-order valence-corrected chi connectivity index (χ3v) is 3.27. The van der Waals surface area contributed by atoms with Crippen LogP contribution in [0.5, 0.6) is 17.2 Å². The molecule has 0 amide bonds. The predicted octanol–water partition coefficient (Wildman–Crippen LogP) is 2.61. The molecule has 0 saturated carbocycles. The van der Waals surface area contributed by atoms with Crippen LogP contribution in [0.2, 0.25) is 0 Å². The van der Waals surface area contributed by atoms with Gasteiger partial charge in [0.15, 0.2) is 11.6 Å². The van der Waals surface area contributed by atoms with Gasteiger partial charge in [-0.3, -0.25) is 4.99 Å². The molecule has 0 aliphatic carbocycles. The molecule has 2 rings (SSSR count). The smallest absolute Gasteiger partial charge is 0.222 e. The lowest BCUT2D eigenvalue weighted by molar-refractivity contribution is 0.410. The second-order valence-corrected chi connectivity index (χ2v) is 5.25. The van der Waals surface area contributed by atoms with Crippen LogP contribution in [-0.4, -0.2) is 30.3 Å². The lowest BCUT2D eigenvalue weighted by atomic mass is 9.99. The highest BCUT2D eigenvalue weighted by Crippen LogP contribution is 2.36. The van der Waals surface area contributed by atoms with E-state index >= 15 is 0 Å². The van der Waals surface area contributed by atoms with E-state index in [1.165, 1.54) is 6.20 Å². The fourth-order valence-electron chi connectivity index (χ4n) is 2.14. The fourth-order valence-corrected chi connectivity index (χ4v) is 2.14. The monoisotopic (exact) mass is 315 g/mol. The highest BCUT2D eigenvalue weighted by molar-refractivity contribution is 5.84. The van der Waals surface area contributed by atoms with Gasteiger partial charge in [-0.25, -0.2) is 4.98 Å². The van der Waals surface area contributed by atoms with Crippen molar-refractivity contribution >= 4 is 18.0 Å².